The maximum absolute atomic E-state index is 12.7. The first-order chi connectivity index (χ1) is 9.00. The molecule has 0 radical (unpaired) electrons. The van der Waals surface area contributed by atoms with Crippen LogP contribution in [0.1, 0.15) is 43.2 Å². The Balaban J connectivity index is 2.20. The van der Waals surface area contributed by atoms with Crippen molar-refractivity contribution < 1.29 is 13.2 Å². The van der Waals surface area contributed by atoms with Crippen molar-refractivity contribution >= 4 is 11.8 Å². The Morgan fingerprint density at radius 2 is 1.84 bits per heavy atom. The highest BCUT2D eigenvalue weighted by Crippen LogP contribution is 2.38. The second-order valence-electron chi connectivity index (χ2n) is 4.90. The lowest BCUT2D eigenvalue weighted by Crippen LogP contribution is -2.11. The van der Waals surface area contributed by atoms with Crippen molar-refractivity contribution in [2.45, 2.75) is 55.0 Å². The lowest BCUT2D eigenvalue weighted by Gasteiger charge is -2.22. The molecule has 106 valence electrons. The van der Waals surface area contributed by atoms with Gasteiger partial charge in [-0.2, -0.15) is 13.2 Å². The number of hydrogen-bond acceptors (Lipinski definition) is 2. The number of nitrogens with two attached hydrogens (primary N) is 1. The van der Waals surface area contributed by atoms with Crippen molar-refractivity contribution in [2.75, 3.05) is 0 Å². The van der Waals surface area contributed by atoms with Gasteiger partial charge in [0.1, 0.15) is 0 Å². The molecule has 0 saturated heterocycles. The molecule has 5 heteroatoms. The van der Waals surface area contributed by atoms with Gasteiger partial charge in [0.2, 0.25) is 0 Å². The molecule has 0 bridgehead atoms. The van der Waals surface area contributed by atoms with Crippen molar-refractivity contribution in [3.63, 3.8) is 0 Å². The van der Waals surface area contributed by atoms with Crippen molar-refractivity contribution in [2.24, 2.45) is 5.73 Å². The van der Waals surface area contributed by atoms with Gasteiger partial charge in [0.15, 0.2) is 0 Å². The largest absolute Gasteiger partial charge is 0.416 e. The van der Waals surface area contributed by atoms with Crippen LogP contribution >= 0.6 is 11.8 Å². The predicted molar refractivity (Wildman–Crippen MR) is 72.1 cm³/mol. The summed E-state index contributed by atoms with van der Waals surface area (Å²) in [5, 5.41) is 0.433. The molecule has 1 nitrogen and oxygen atoms in total. The van der Waals surface area contributed by atoms with E-state index in [2.05, 4.69) is 0 Å². The Hall–Kier alpha value is -0.680. The van der Waals surface area contributed by atoms with Crippen LogP contribution in [0, 0.1) is 0 Å². The second-order valence-corrected chi connectivity index (χ2v) is 6.24. The summed E-state index contributed by atoms with van der Waals surface area (Å²) < 4.78 is 38.2. The average molecular weight is 289 g/mol. The Kier molecular flexibility index (Phi) is 4.79. The first kappa shape index (κ1) is 14.7. The molecule has 0 aromatic heterocycles. The monoisotopic (exact) mass is 289 g/mol. The van der Waals surface area contributed by atoms with Gasteiger partial charge in [-0.3, -0.25) is 0 Å². The van der Waals surface area contributed by atoms with Crippen LogP contribution in [0.15, 0.2) is 23.1 Å². The first-order valence-electron chi connectivity index (χ1n) is 6.57. The van der Waals surface area contributed by atoms with Crippen molar-refractivity contribution in [3.05, 3.63) is 29.3 Å². The molecule has 1 aromatic carbocycles. The molecule has 2 N–H and O–H groups in total. The molecule has 1 aliphatic rings. The first-order valence-corrected chi connectivity index (χ1v) is 7.45. The van der Waals surface area contributed by atoms with Crippen molar-refractivity contribution in [1.82, 2.24) is 0 Å². The number of benzene rings is 1. The van der Waals surface area contributed by atoms with E-state index in [0.717, 1.165) is 24.5 Å². The minimum absolute atomic E-state index is 0.285. The van der Waals surface area contributed by atoms with Crippen LogP contribution in [0.5, 0.6) is 0 Å². The van der Waals surface area contributed by atoms with Gasteiger partial charge < -0.3 is 5.73 Å². The quantitative estimate of drug-likeness (QED) is 0.880. The van der Waals surface area contributed by atoms with Gasteiger partial charge in [0.05, 0.1) is 5.56 Å². The van der Waals surface area contributed by atoms with Crippen LogP contribution < -0.4 is 5.73 Å². The maximum atomic E-state index is 12.7. The molecule has 2 rings (SSSR count). The average Bonchev–Trinajstić information content (AvgIpc) is 2.39. The summed E-state index contributed by atoms with van der Waals surface area (Å²) >= 11 is 1.57. The molecule has 0 amide bonds. The normalized spacial score (nSPS) is 17.7. The van der Waals surface area contributed by atoms with Gasteiger partial charge in [0, 0.05) is 16.7 Å². The Labute approximate surface area is 115 Å². The molecule has 0 aliphatic heterocycles. The minimum atomic E-state index is -4.28. The van der Waals surface area contributed by atoms with Crippen LogP contribution in [0.2, 0.25) is 0 Å². The van der Waals surface area contributed by atoms with E-state index in [0.29, 0.717) is 10.1 Å². The summed E-state index contributed by atoms with van der Waals surface area (Å²) in [4.78, 5) is 0.698. The van der Waals surface area contributed by atoms with E-state index in [1.807, 2.05) is 0 Å². The molecule has 1 fully saturated rings. The molecule has 19 heavy (non-hydrogen) atoms. The number of alkyl halides is 3. The van der Waals surface area contributed by atoms with E-state index in [4.69, 9.17) is 5.73 Å². The molecular weight excluding hydrogens is 271 g/mol. The van der Waals surface area contributed by atoms with Crippen molar-refractivity contribution in [3.8, 4) is 0 Å². The van der Waals surface area contributed by atoms with E-state index in [1.54, 1.807) is 11.8 Å². The summed E-state index contributed by atoms with van der Waals surface area (Å²) in [5.74, 6) is 0. The van der Waals surface area contributed by atoms with E-state index in [1.165, 1.54) is 31.4 Å². The topological polar surface area (TPSA) is 26.0 Å². The van der Waals surface area contributed by atoms with Crippen LogP contribution in [0.4, 0.5) is 13.2 Å². The molecule has 1 aromatic rings. The lowest BCUT2D eigenvalue weighted by atomic mass is 10.0. The summed E-state index contributed by atoms with van der Waals surface area (Å²) in [7, 11) is 0. The molecule has 0 unspecified atom stereocenters. The molecular formula is C14H18F3NS. The number of thioether (sulfide) groups is 1. The Morgan fingerprint density at radius 3 is 2.42 bits per heavy atom. The third kappa shape index (κ3) is 3.89. The fraction of sp³-hybridized carbons (Fsp3) is 0.571. The third-order valence-electron chi connectivity index (χ3n) is 3.46. The predicted octanol–water partition coefficient (Wildman–Crippen LogP) is 4.59. The maximum Gasteiger partial charge on any atom is 0.416 e. The second kappa shape index (κ2) is 6.18. The number of halogens is 3. The van der Waals surface area contributed by atoms with Gasteiger partial charge >= 0.3 is 6.18 Å². The number of hydrogen-bond donors (Lipinski definition) is 1. The zero-order chi connectivity index (χ0) is 13.9. The highest BCUT2D eigenvalue weighted by Gasteiger charge is 2.31. The standard InChI is InChI=1S/C14H18F3NS/c15-14(16,17)11-7-6-10(9-18)13(8-11)19-12-4-2-1-3-5-12/h6-8,12H,1-5,9,18H2. The fourth-order valence-electron chi connectivity index (χ4n) is 2.37. The van der Waals surface area contributed by atoms with Crippen LogP contribution in [-0.2, 0) is 12.7 Å². The van der Waals surface area contributed by atoms with Gasteiger partial charge in [-0.05, 0) is 30.5 Å². The van der Waals surface area contributed by atoms with E-state index < -0.39 is 11.7 Å². The van der Waals surface area contributed by atoms with Gasteiger partial charge in [0.25, 0.3) is 0 Å². The molecule has 1 saturated carbocycles. The van der Waals surface area contributed by atoms with E-state index >= 15 is 0 Å². The summed E-state index contributed by atoms with van der Waals surface area (Å²) in [5.41, 5.74) is 5.85. The lowest BCUT2D eigenvalue weighted by molar-refractivity contribution is -0.137. The third-order valence-corrected chi connectivity index (χ3v) is 4.90. The van der Waals surface area contributed by atoms with Crippen molar-refractivity contribution in [1.29, 1.82) is 0 Å². The Morgan fingerprint density at radius 1 is 1.16 bits per heavy atom. The highest BCUT2D eigenvalue weighted by atomic mass is 32.2. The van der Waals surface area contributed by atoms with Gasteiger partial charge in [-0.25, -0.2) is 0 Å². The molecule has 0 heterocycles. The minimum Gasteiger partial charge on any atom is -0.326 e. The molecule has 0 spiro atoms. The summed E-state index contributed by atoms with van der Waals surface area (Å²) in [6.07, 6.45) is 1.48. The molecule has 0 atom stereocenters. The SMILES string of the molecule is NCc1ccc(C(F)(F)F)cc1SC1CCCCC1. The van der Waals surface area contributed by atoms with Gasteiger partial charge in [-0.15, -0.1) is 11.8 Å². The van der Waals surface area contributed by atoms with Crippen LogP contribution in [-0.4, -0.2) is 5.25 Å². The van der Waals surface area contributed by atoms with E-state index in [9.17, 15) is 13.2 Å². The summed E-state index contributed by atoms with van der Waals surface area (Å²) in [6.45, 7) is 0.285. The van der Waals surface area contributed by atoms with Crippen LogP contribution in [0.3, 0.4) is 0 Å². The smallest absolute Gasteiger partial charge is 0.326 e. The zero-order valence-corrected chi connectivity index (χ0v) is 11.5. The zero-order valence-electron chi connectivity index (χ0n) is 10.7. The van der Waals surface area contributed by atoms with Crippen LogP contribution in [0.25, 0.3) is 0 Å². The number of rotatable bonds is 3. The summed E-state index contributed by atoms with van der Waals surface area (Å²) in [6, 6.07) is 3.88. The fourth-order valence-corrected chi connectivity index (χ4v) is 3.80. The van der Waals surface area contributed by atoms with Gasteiger partial charge in [-0.1, -0.05) is 25.3 Å². The highest BCUT2D eigenvalue weighted by molar-refractivity contribution is 8.00. The Bertz CT molecular complexity index is 425. The molecule has 1 aliphatic carbocycles. The van der Waals surface area contributed by atoms with E-state index in [-0.39, 0.29) is 6.54 Å².